The van der Waals surface area contributed by atoms with Crippen molar-refractivity contribution in [3.05, 3.63) is 53.1 Å². The average Bonchev–Trinajstić information content (AvgIpc) is 3.00. The molecule has 0 bridgehead atoms. The van der Waals surface area contributed by atoms with Gasteiger partial charge in [0.25, 0.3) is 5.91 Å². The maximum atomic E-state index is 12.3. The van der Waals surface area contributed by atoms with E-state index in [1.165, 1.54) is 7.11 Å². The van der Waals surface area contributed by atoms with Gasteiger partial charge in [0.05, 0.1) is 20.6 Å². The van der Waals surface area contributed by atoms with Gasteiger partial charge in [-0.1, -0.05) is 12.1 Å². The first-order valence-electron chi connectivity index (χ1n) is 8.02. The molecule has 2 aromatic carbocycles. The SMILES string of the molecule is COc1ccc(C(=O)NCCc2ccc3c(c2)CC(=O)N3)cc1OC. The Morgan fingerprint density at radius 2 is 1.92 bits per heavy atom. The minimum absolute atomic E-state index is 0.0221. The van der Waals surface area contributed by atoms with Gasteiger partial charge < -0.3 is 20.1 Å². The van der Waals surface area contributed by atoms with Crippen LogP contribution in [0.1, 0.15) is 21.5 Å². The molecule has 0 saturated heterocycles. The number of amides is 2. The van der Waals surface area contributed by atoms with Gasteiger partial charge in [-0.3, -0.25) is 9.59 Å². The van der Waals surface area contributed by atoms with Gasteiger partial charge in [-0.2, -0.15) is 0 Å². The second-order valence-corrected chi connectivity index (χ2v) is 5.79. The van der Waals surface area contributed by atoms with Crippen molar-refractivity contribution < 1.29 is 19.1 Å². The van der Waals surface area contributed by atoms with Crippen LogP contribution in [0.5, 0.6) is 11.5 Å². The van der Waals surface area contributed by atoms with Crippen molar-refractivity contribution in [3.8, 4) is 11.5 Å². The van der Waals surface area contributed by atoms with E-state index in [9.17, 15) is 9.59 Å². The molecule has 1 aliphatic heterocycles. The van der Waals surface area contributed by atoms with Crippen LogP contribution >= 0.6 is 0 Å². The lowest BCUT2D eigenvalue weighted by atomic mass is 10.1. The minimum atomic E-state index is -0.168. The van der Waals surface area contributed by atoms with Gasteiger partial charge in [0.15, 0.2) is 11.5 Å². The fourth-order valence-electron chi connectivity index (χ4n) is 2.84. The van der Waals surface area contributed by atoms with Gasteiger partial charge >= 0.3 is 0 Å². The highest BCUT2D eigenvalue weighted by Gasteiger charge is 2.17. The Morgan fingerprint density at radius 1 is 1.12 bits per heavy atom. The summed E-state index contributed by atoms with van der Waals surface area (Å²) in [5, 5.41) is 5.70. The predicted octanol–water partition coefficient (Wildman–Crippen LogP) is 2.17. The van der Waals surface area contributed by atoms with Crippen LogP contribution in [0.2, 0.25) is 0 Å². The quantitative estimate of drug-likeness (QED) is 0.845. The second kappa shape index (κ2) is 7.25. The van der Waals surface area contributed by atoms with Crippen molar-refractivity contribution in [2.75, 3.05) is 26.1 Å². The third-order valence-corrected chi connectivity index (χ3v) is 4.14. The Hall–Kier alpha value is -3.02. The third kappa shape index (κ3) is 3.74. The number of hydrogen-bond donors (Lipinski definition) is 2. The molecule has 2 N–H and O–H groups in total. The zero-order valence-electron chi connectivity index (χ0n) is 14.2. The third-order valence-electron chi connectivity index (χ3n) is 4.14. The smallest absolute Gasteiger partial charge is 0.251 e. The molecule has 0 aliphatic carbocycles. The number of methoxy groups -OCH3 is 2. The Balaban J connectivity index is 1.58. The molecule has 0 saturated carbocycles. The molecule has 25 heavy (non-hydrogen) atoms. The Kier molecular flexibility index (Phi) is 4.88. The first-order valence-corrected chi connectivity index (χ1v) is 8.02. The van der Waals surface area contributed by atoms with Gasteiger partial charge in [0, 0.05) is 17.8 Å². The van der Waals surface area contributed by atoms with Gasteiger partial charge in [-0.25, -0.2) is 0 Å². The number of carbonyl (C=O) groups is 2. The fourth-order valence-corrected chi connectivity index (χ4v) is 2.84. The molecule has 3 rings (SSSR count). The molecule has 0 aromatic heterocycles. The van der Waals surface area contributed by atoms with Crippen LogP contribution in [0, 0.1) is 0 Å². The highest BCUT2D eigenvalue weighted by atomic mass is 16.5. The first kappa shape index (κ1) is 16.8. The zero-order chi connectivity index (χ0) is 17.8. The average molecular weight is 340 g/mol. The van der Waals surface area contributed by atoms with Crippen LogP contribution in [0.3, 0.4) is 0 Å². The largest absolute Gasteiger partial charge is 0.493 e. The first-order chi connectivity index (χ1) is 12.1. The molecule has 1 aliphatic rings. The number of ether oxygens (including phenoxy) is 2. The summed E-state index contributed by atoms with van der Waals surface area (Å²) >= 11 is 0. The lowest BCUT2D eigenvalue weighted by Crippen LogP contribution is -2.25. The molecule has 2 amide bonds. The van der Waals surface area contributed by atoms with E-state index in [1.54, 1.807) is 25.3 Å². The molecular formula is C19H20N2O4. The summed E-state index contributed by atoms with van der Waals surface area (Å²) in [6.45, 7) is 0.507. The van der Waals surface area contributed by atoms with Crippen LogP contribution in [-0.4, -0.2) is 32.6 Å². The van der Waals surface area contributed by atoms with Crippen molar-refractivity contribution in [1.29, 1.82) is 0 Å². The number of anilines is 1. The van der Waals surface area contributed by atoms with E-state index in [0.717, 1.165) is 16.8 Å². The Morgan fingerprint density at radius 3 is 2.68 bits per heavy atom. The van der Waals surface area contributed by atoms with E-state index >= 15 is 0 Å². The van der Waals surface area contributed by atoms with Crippen molar-refractivity contribution in [1.82, 2.24) is 5.32 Å². The number of carbonyl (C=O) groups excluding carboxylic acids is 2. The fraction of sp³-hybridized carbons (Fsp3) is 0.263. The molecule has 6 heteroatoms. The van der Waals surface area contributed by atoms with Gasteiger partial charge in [-0.05, 0) is 41.8 Å². The summed E-state index contributed by atoms with van der Waals surface area (Å²) < 4.78 is 10.4. The molecular weight excluding hydrogens is 320 g/mol. The van der Waals surface area contributed by atoms with Crippen molar-refractivity contribution in [3.63, 3.8) is 0 Å². The molecule has 1 heterocycles. The Bertz CT molecular complexity index is 817. The maximum absolute atomic E-state index is 12.3. The lowest BCUT2D eigenvalue weighted by Gasteiger charge is -2.10. The van der Waals surface area contributed by atoms with Crippen LogP contribution < -0.4 is 20.1 Å². The highest BCUT2D eigenvalue weighted by Crippen LogP contribution is 2.27. The second-order valence-electron chi connectivity index (χ2n) is 5.79. The van der Waals surface area contributed by atoms with Gasteiger partial charge in [0.2, 0.25) is 5.91 Å². The van der Waals surface area contributed by atoms with Crippen molar-refractivity contribution >= 4 is 17.5 Å². The van der Waals surface area contributed by atoms with E-state index in [-0.39, 0.29) is 11.8 Å². The monoisotopic (exact) mass is 340 g/mol. The summed E-state index contributed by atoms with van der Waals surface area (Å²) in [5.41, 5.74) is 3.49. The van der Waals surface area contributed by atoms with Crippen molar-refractivity contribution in [2.45, 2.75) is 12.8 Å². The van der Waals surface area contributed by atoms with Gasteiger partial charge in [-0.15, -0.1) is 0 Å². The minimum Gasteiger partial charge on any atom is -0.493 e. The lowest BCUT2D eigenvalue weighted by molar-refractivity contribution is -0.115. The molecule has 0 spiro atoms. The van der Waals surface area contributed by atoms with E-state index in [1.807, 2.05) is 18.2 Å². The van der Waals surface area contributed by atoms with E-state index < -0.39 is 0 Å². The van der Waals surface area contributed by atoms with Crippen molar-refractivity contribution in [2.24, 2.45) is 0 Å². The number of rotatable bonds is 6. The van der Waals surface area contributed by atoms with Crippen LogP contribution in [0.25, 0.3) is 0 Å². The summed E-state index contributed by atoms with van der Waals surface area (Å²) in [6, 6.07) is 10.9. The van der Waals surface area contributed by atoms with E-state index in [0.29, 0.717) is 36.4 Å². The van der Waals surface area contributed by atoms with Crippen LogP contribution in [0.15, 0.2) is 36.4 Å². The normalized spacial score (nSPS) is 12.3. The van der Waals surface area contributed by atoms with Gasteiger partial charge in [0.1, 0.15) is 0 Å². The predicted molar refractivity (Wildman–Crippen MR) is 94.4 cm³/mol. The van der Waals surface area contributed by atoms with Crippen LogP contribution in [0.4, 0.5) is 5.69 Å². The van der Waals surface area contributed by atoms with Crippen LogP contribution in [-0.2, 0) is 17.6 Å². The summed E-state index contributed by atoms with van der Waals surface area (Å²) in [5.74, 6) is 0.958. The maximum Gasteiger partial charge on any atom is 0.251 e. The summed E-state index contributed by atoms with van der Waals surface area (Å²) in [6.07, 6.45) is 1.11. The molecule has 0 fully saturated rings. The number of nitrogens with one attached hydrogen (secondary N) is 2. The molecule has 0 atom stereocenters. The molecule has 6 nitrogen and oxygen atoms in total. The van der Waals surface area contributed by atoms with E-state index in [4.69, 9.17) is 9.47 Å². The standard InChI is InChI=1S/C19H20N2O4/c1-24-16-6-4-13(10-17(16)25-2)19(23)20-8-7-12-3-5-15-14(9-12)11-18(22)21-15/h3-6,9-10H,7-8,11H2,1-2H3,(H,20,23)(H,21,22). The summed E-state index contributed by atoms with van der Waals surface area (Å²) in [7, 11) is 3.09. The molecule has 130 valence electrons. The number of benzene rings is 2. The highest BCUT2D eigenvalue weighted by molar-refractivity contribution is 5.99. The molecule has 0 unspecified atom stereocenters. The zero-order valence-corrected chi connectivity index (χ0v) is 14.2. The topological polar surface area (TPSA) is 76.7 Å². The number of fused-ring (bicyclic) bond motifs is 1. The molecule has 2 aromatic rings. The van der Waals surface area contributed by atoms with E-state index in [2.05, 4.69) is 10.6 Å². The Labute approximate surface area is 146 Å². The number of hydrogen-bond acceptors (Lipinski definition) is 4. The molecule has 0 radical (unpaired) electrons. The summed E-state index contributed by atoms with van der Waals surface area (Å²) in [4.78, 5) is 23.7.